The summed E-state index contributed by atoms with van der Waals surface area (Å²) in [7, 11) is 1.38. The molecule has 1 N–H and O–H groups in total. The quantitative estimate of drug-likeness (QED) is 0.907. The van der Waals surface area contributed by atoms with E-state index >= 15 is 0 Å². The van der Waals surface area contributed by atoms with Crippen LogP contribution in [0.3, 0.4) is 0 Å². The van der Waals surface area contributed by atoms with Crippen LogP contribution in [0.25, 0.3) is 0 Å². The van der Waals surface area contributed by atoms with Gasteiger partial charge in [-0.05, 0) is 18.6 Å². The second-order valence-corrected chi connectivity index (χ2v) is 3.83. The Morgan fingerprint density at radius 3 is 2.64 bits per heavy atom. The first kappa shape index (κ1) is 11.2. The highest BCUT2D eigenvalue weighted by molar-refractivity contribution is 9.10. The standard InChI is InChI=1S/C10H11BrO3/c1-6-3-4-7(8(11)5-6)9(14-2)10(12)13/h3-5,9H,1-2H3,(H,12,13). The molecule has 0 aliphatic carbocycles. The molecular formula is C10H11BrO3. The Balaban J connectivity index is 3.10. The Morgan fingerprint density at radius 2 is 2.21 bits per heavy atom. The molecule has 0 radical (unpaired) electrons. The van der Waals surface area contributed by atoms with Crippen LogP contribution in [-0.2, 0) is 9.53 Å². The van der Waals surface area contributed by atoms with E-state index in [0.717, 1.165) is 10.0 Å². The van der Waals surface area contributed by atoms with Crippen molar-refractivity contribution in [2.75, 3.05) is 7.11 Å². The minimum absolute atomic E-state index is 0.630. The second-order valence-electron chi connectivity index (χ2n) is 2.98. The zero-order valence-electron chi connectivity index (χ0n) is 7.95. The van der Waals surface area contributed by atoms with Gasteiger partial charge in [-0.1, -0.05) is 28.1 Å². The van der Waals surface area contributed by atoms with Gasteiger partial charge >= 0.3 is 5.97 Å². The molecule has 3 nitrogen and oxygen atoms in total. The maximum Gasteiger partial charge on any atom is 0.337 e. The topological polar surface area (TPSA) is 46.5 Å². The van der Waals surface area contributed by atoms with Crippen LogP contribution in [0.5, 0.6) is 0 Å². The summed E-state index contributed by atoms with van der Waals surface area (Å²) in [6.07, 6.45) is -0.912. The summed E-state index contributed by atoms with van der Waals surface area (Å²) in [5, 5.41) is 8.87. The lowest BCUT2D eigenvalue weighted by atomic mass is 10.1. The van der Waals surface area contributed by atoms with Crippen molar-refractivity contribution in [3.05, 3.63) is 33.8 Å². The van der Waals surface area contributed by atoms with E-state index in [2.05, 4.69) is 15.9 Å². The van der Waals surface area contributed by atoms with Crippen molar-refractivity contribution in [2.45, 2.75) is 13.0 Å². The Kier molecular flexibility index (Phi) is 3.66. The van der Waals surface area contributed by atoms with Crippen LogP contribution in [0.1, 0.15) is 17.2 Å². The minimum Gasteiger partial charge on any atom is -0.479 e. The summed E-state index contributed by atoms with van der Waals surface area (Å²) in [6.45, 7) is 1.94. The van der Waals surface area contributed by atoms with Gasteiger partial charge in [0.05, 0.1) is 0 Å². The summed E-state index contributed by atoms with van der Waals surface area (Å²) < 4.78 is 5.65. The van der Waals surface area contributed by atoms with Crippen molar-refractivity contribution in [3.8, 4) is 0 Å². The molecule has 0 spiro atoms. The molecule has 1 aromatic carbocycles. The van der Waals surface area contributed by atoms with Crippen molar-refractivity contribution in [1.29, 1.82) is 0 Å². The van der Waals surface area contributed by atoms with E-state index in [1.807, 2.05) is 19.1 Å². The Bertz CT molecular complexity index is 349. The van der Waals surface area contributed by atoms with Crippen molar-refractivity contribution in [2.24, 2.45) is 0 Å². The summed E-state index contributed by atoms with van der Waals surface area (Å²) in [5.74, 6) is -0.989. The van der Waals surface area contributed by atoms with E-state index in [0.29, 0.717) is 5.56 Å². The van der Waals surface area contributed by atoms with E-state index < -0.39 is 12.1 Å². The average molecular weight is 259 g/mol. The largest absolute Gasteiger partial charge is 0.479 e. The number of ether oxygens (including phenoxy) is 1. The summed E-state index contributed by atoms with van der Waals surface area (Å²) in [6, 6.07) is 5.47. The lowest BCUT2D eigenvalue weighted by Gasteiger charge is -2.12. The second kappa shape index (κ2) is 4.57. The molecule has 1 rings (SSSR count). The molecular weight excluding hydrogens is 248 g/mol. The number of aryl methyl sites for hydroxylation is 1. The molecule has 0 aliphatic heterocycles. The number of carboxylic acid groups (broad SMARTS) is 1. The van der Waals surface area contributed by atoms with Crippen molar-refractivity contribution in [1.82, 2.24) is 0 Å². The maximum atomic E-state index is 10.8. The smallest absolute Gasteiger partial charge is 0.337 e. The number of methoxy groups -OCH3 is 1. The maximum absolute atomic E-state index is 10.8. The van der Waals surface area contributed by atoms with E-state index in [1.54, 1.807) is 6.07 Å². The number of benzene rings is 1. The first-order valence-corrected chi connectivity index (χ1v) is 4.87. The molecule has 0 heterocycles. The molecule has 0 saturated carbocycles. The molecule has 76 valence electrons. The van der Waals surface area contributed by atoms with Crippen molar-refractivity contribution in [3.63, 3.8) is 0 Å². The fourth-order valence-electron chi connectivity index (χ4n) is 1.21. The number of rotatable bonds is 3. The number of carboxylic acids is 1. The molecule has 0 amide bonds. The Hall–Kier alpha value is -0.870. The van der Waals surface area contributed by atoms with Crippen LogP contribution in [0.4, 0.5) is 0 Å². The minimum atomic E-state index is -0.989. The van der Waals surface area contributed by atoms with Crippen LogP contribution in [0.2, 0.25) is 0 Å². The molecule has 0 fully saturated rings. The van der Waals surface area contributed by atoms with Crippen LogP contribution in [-0.4, -0.2) is 18.2 Å². The molecule has 0 aliphatic rings. The average Bonchev–Trinajstić information content (AvgIpc) is 2.09. The van der Waals surface area contributed by atoms with Gasteiger partial charge in [0.1, 0.15) is 0 Å². The molecule has 0 bridgehead atoms. The fourth-order valence-corrected chi connectivity index (χ4v) is 1.91. The number of hydrogen-bond acceptors (Lipinski definition) is 2. The zero-order valence-corrected chi connectivity index (χ0v) is 9.54. The van der Waals surface area contributed by atoms with Gasteiger partial charge in [0.25, 0.3) is 0 Å². The molecule has 0 aromatic heterocycles. The van der Waals surface area contributed by atoms with E-state index in [9.17, 15) is 4.79 Å². The Labute approximate surface area is 90.8 Å². The first-order chi connectivity index (χ1) is 6.56. The molecule has 1 atom stereocenters. The van der Waals surface area contributed by atoms with Crippen LogP contribution < -0.4 is 0 Å². The van der Waals surface area contributed by atoms with Gasteiger partial charge in [-0.25, -0.2) is 4.79 Å². The van der Waals surface area contributed by atoms with Gasteiger partial charge < -0.3 is 9.84 Å². The number of hydrogen-bond donors (Lipinski definition) is 1. The highest BCUT2D eigenvalue weighted by atomic mass is 79.9. The number of aliphatic carboxylic acids is 1. The molecule has 4 heteroatoms. The third-order valence-corrected chi connectivity index (χ3v) is 2.59. The van der Waals surface area contributed by atoms with E-state index in [-0.39, 0.29) is 0 Å². The lowest BCUT2D eigenvalue weighted by molar-refractivity contribution is -0.148. The SMILES string of the molecule is COC(C(=O)O)c1ccc(C)cc1Br. The molecule has 14 heavy (non-hydrogen) atoms. The molecule has 1 unspecified atom stereocenters. The predicted octanol–water partition coefficient (Wildman–Crippen LogP) is 2.53. The van der Waals surface area contributed by atoms with Gasteiger partial charge in [0, 0.05) is 17.1 Å². The van der Waals surface area contributed by atoms with Gasteiger partial charge in [0.15, 0.2) is 6.10 Å². The third kappa shape index (κ3) is 2.33. The van der Waals surface area contributed by atoms with Gasteiger partial charge in [-0.2, -0.15) is 0 Å². The fraction of sp³-hybridized carbons (Fsp3) is 0.300. The predicted molar refractivity (Wildman–Crippen MR) is 56.3 cm³/mol. The Morgan fingerprint density at radius 1 is 1.57 bits per heavy atom. The molecule has 0 saturated heterocycles. The normalized spacial score (nSPS) is 12.5. The molecule has 1 aromatic rings. The van der Waals surface area contributed by atoms with Crippen LogP contribution in [0, 0.1) is 6.92 Å². The van der Waals surface area contributed by atoms with Gasteiger partial charge in [-0.15, -0.1) is 0 Å². The first-order valence-electron chi connectivity index (χ1n) is 4.08. The van der Waals surface area contributed by atoms with E-state index in [4.69, 9.17) is 9.84 Å². The van der Waals surface area contributed by atoms with Gasteiger partial charge in [0.2, 0.25) is 0 Å². The van der Waals surface area contributed by atoms with Crippen LogP contribution >= 0.6 is 15.9 Å². The van der Waals surface area contributed by atoms with Crippen molar-refractivity contribution >= 4 is 21.9 Å². The summed E-state index contributed by atoms with van der Waals surface area (Å²) >= 11 is 3.31. The van der Waals surface area contributed by atoms with E-state index in [1.165, 1.54) is 7.11 Å². The lowest BCUT2D eigenvalue weighted by Crippen LogP contribution is -2.13. The van der Waals surface area contributed by atoms with Gasteiger partial charge in [-0.3, -0.25) is 0 Å². The summed E-state index contributed by atoms with van der Waals surface area (Å²) in [5.41, 5.74) is 1.70. The number of carbonyl (C=O) groups is 1. The highest BCUT2D eigenvalue weighted by Crippen LogP contribution is 2.26. The van der Waals surface area contributed by atoms with Crippen LogP contribution in [0.15, 0.2) is 22.7 Å². The summed E-state index contributed by atoms with van der Waals surface area (Å²) in [4.78, 5) is 10.8. The number of halogens is 1. The highest BCUT2D eigenvalue weighted by Gasteiger charge is 2.21. The zero-order chi connectivity index (χ0) is 10.7. The monoisotopic (exact) mass is 258 g/mol. The third-order valence-electron chi connectivity index (χ3n) is 1.90. The van der Waals surface area contributed by atoms with Crippen molar-refractivity contribution < 1.29 is 14.6 Å².